The topological polar surface area (TPSA) is 55.6 Å². The molecule has 1 aromatic rings. The molecule has 4 nitrogen and oxygen atoms in total. The smallest absolute Gasteiger partial charge is 0.340 e. The summed E-state index contributed by atoms with van der Waals surface area (Å²) in [4.78, 5) is 13.1. The number of nitrogens with two attached hydrogens (primary N) is 1. The van der Waals surface area contributed by atoms with Gasteiger partial charge in [-0.2, -0.15) is 0 Å². The number of benzene rings is 1. The molecule has 0 aromatic heterocycles. The van der Waals surface area contributed by atoms with Crippen LogP contribution in [0.2, 0.25) is 0 Å². The van der Waals surface area contributed by atoms with Crippen LogP contribution in [0.1, 0.15) is 36.0 Å². The molecule has 1 fully saturated rings. The normalized spacial score (nSPS) is 22.0. The molecule has 0 atom stereocenters. The predicted molar refractivity (Wildman–Crippen MR) is 76.3 cm³/mol. The van der Waals surface area contributed by atoms with E-state index in [1.54, 1.807) is 11.9 Å². The molecular weight excluding hydrogens is 278 g/mol. The Bertz CT molecular complexity index is 529. The molecule has 21 heavy (non-hydrogen) atoms. The predicted octanol–water partition coefficient (Wildman–Crippen LogP) is 2.46. The van der Waals surface area contributed by atoms with Crippen molar-refractivity contribution >= 4 is 11.7 Å². The molecule has 0 saturated heterocycles. The monoisotopic (exact) mass is 298 g/mol. The number of anilines is 1. The Morgan fingerprint density at radius 1 is 1.24 bits per heavy atom. The lowest BCUT2D eigenvalue weighted by Crippen LogP contribution is -2.39. The first-order valence-electron chi connectivity index (χ1n) is 7.00. The van der Waals surface area contributed by atoms with E-state index in [9.17, 15) is 13.6 Å². The number of esters is 1. The fraction of sp³-hybridized carbons (Fsp3) is 0.533. The maximum Gasteiger partial charge on any atom is 0.340 e. The van der Waals surface area contributed by atoms with Crippen molar-refractivity contribution < 1.29 is 18.3 Å². The van der Waals surface area contributed by atoms with E-state index in [4.69, 9.17) is 5.73 Å². The largest absolute Gasteiger partial charge is 0.465 e. The first kappa shape index (κ1) is 15.7. The van der Waals surface area contributed by atoms with E-state index in [1.807, 2.05) is 0 Å². The third-order valence-corrected chi connectivity index (χ3v) is 4.14. The molecule has 0 radical (unpaired) electrons. The van der Waals surface area contributed by atoms with E-state index in [2.05, 4.69) is 4.74 Å². The van der Waals surface area contributed by atoms with Crippen LogP contribution in [0.3, 0.4) is 0 Å². The van der Waals surface area contributed by atoms with Crippen molar-refractivity contribution in [3.8, 4) is 0 Å². The highest BCUT2D eigenvalue weighted by Gasteiger charge is 2.26. The molecule has 116 valence electrons. The third-order valence-electron chi connectivity index (χ3n) is 4.14. The highest BCUT2D eigenvalue weighted by molar-refractivity contribution is 5.90. The van der Waals surface area contributed by atoms with Gasteiger partial charge in [-0.25, -0.2) is 13.6 Å². The van der Waals surface area contributed by atoms with Gasteiger partial charge in [0, 0.05) is 19.1 Å². The van der Waals surface area contributed by atoms with Gasteiger partial charge < -0.3 is 15.4 Å². The molecular formula is C15H20F2N2O2. The molecule has 6 heteroatoms. The van der Waals surface area contributed by atoms with Gasteiger partial charge >= 0.3 is 5.97 Å². The number of methoxy groups -OCH3 is 1. The lowest BCUT2D eigenvalue weighted by atomic mass is 9.90. The molecule has 0 aliphatic heterocycles. The zero-order valence-electron chi connectivity index (χ0n) is 12.2. The van der Waals surface area contributed by atoms with Crippen LogP contribution in [-0.4, -0.2) is 32.2 Å². The molecule has 0 amide bonds. The van der Waals surface area contributed by atoms with E-state index >= 15 is 0 Å². The number of carbonyl (C=O) groups excluding carboxylic acids is 1. The summed E-state index contributed by atoms with van der Waals surface area (Å²) in [5.74, 6) is -3.07. The highest BCUT2D eigenvalue weighted by atomic mass is 19.2. The summed E-state index contributed by atoms with van der Waals surface area (Å²) in [6, 6.07) is 2.99. The van der Waals surface area contributed by atoms with E-state index < -0.39 is 23.2 Å². The second-order valence-corrected chi connectivity index (χ2v) is 5.43. The molecule has 0 unspecified atom stereocenters. The van der Waals surface area contributed by atoms with Crippen molar-refractivity contribution in [1.29, 1.82) is 0 Å². The Hall–Kier alpha value is -1.69. The van der Waals surface area contributed by atoms with Gasteiger partial charge in [0.25, 0.3) is 0 Å². The minimum absolute atomic E-state index is 0.127. The summed E-state index contributed by atoms with van der Waals surface area (Å²) >= 11 is 0. The standard InChI is InChI=1S/C15H20F2N2O2/c1-19(10-5-3-9(18)4-6-10)12-8-7-11(15(20)21-2)13(16)14(12)17/h7-10H,3-6,18H2,1-2H3. The van der Waals surface area contributed by atoms with Gasteiger partial charge in [-0.05, 0) is 37.8 Å². The summed E-state index contributed by atoms with van der Waals surface area (Å²) in [5.41, 5.74) is 5.62. The third kappa shape index (κ3) is 3.15. The van der Waals surface area contributed by atoms with E-state index in [-0.39, 0.29) is 17.8 Å². The van der Waals surface area contributed by atoms with Crippen molar-refractivity contribution in [2.24, 2.45) is 5.73 Å². The maximum atomic E-state index is 14.2. The van der Waals surface area contributed by atoms with Crippen LogP contribution < -0.4 is 10.6 Å². The van der Waals surface area contributed by atoms with Gasteiger partial charge in [-0.1, -0.05) is 0 Å². The Labute approximate surface area is 122 Å². The van der Waals surface area contributed by atoms with Crippen molar-refractivity contribution in [3.63, 3.8) is 0 Å². The number of carbonyl (C=O) groups is 1. The summed E-state index contributed by atoms with van der Waals surface area (Å²) in [6.45, 7) is 0. The van der Waals surface area contributed by atoms with Crippen LogP contribution in [-0.2, 0) is 4.74 Å². The Kier molecular flexibility index (Phi) is 4.77. The van der Waals surface area contributed by atoms with E-state index in [0.29, 0.717) is 0 Å². The first-order valence-corrected chi connectivity index (χ1v) is 7.00. The van der Waals surface area contributed by atoms with Crippen LogP contribution in [0.25, 0.3) is 0 Å². The number of rotatable bonds is 3. The number of hydrogen-bond acceptors (Lipinski definition) is 4. The van der Waals surface area contributed by atoms with Crippen molar-refractivity contribution in [2.75, 3.05) is 19.1 Å². The molecule has 0 heterocycles. The average molecular weight is 298 g/mol. The molecule has 0 bridgehead atoms. The molecule has 1 aliphatic carbocycles. The average Bonchev–Trinajstić information content (AvgIpc) is 2.49. The molecule has 2 rings (SSSR count). The van der Waals surface area contributed by atoms with Gasteiger partial charge in [-0.3, -0.25) is 0 Å². The summed E-state index contributed by atoms with van der Waals surface area (Å²) in [6.07, 6.45) is 3.44. The maximum absolute atomic E-state index is 14.2. The number of halogens is 2. The van der Waals surface area contributed by atoms with Gasteiger partial charge in [0.15, 0.2) is 11.6 Å². The molecule has 2 N–H and O–H groups in total. The quantitative estimate of drug-likeness (QED) is 0.871. The van der Waals surface area contributed by atoms with Crippen LogP contribution >= 0.6 is 0 Å². The zero-order valence-corrected chi connectivity index (χ0v) is 12.2. The number of ether oxygens (including phenoxy) is 1. The lowest BCUT2D eigenvalue weighted by molar-refractivity contribution is 0.0594. The number of nitrogens with zero attached hydrogens (tertiary/aromatic N) is 1. The zero-order chi connectivity index (χ0) is 15.6. The van der Waals surface area contributed by atoms with Gasteiger partial charge in [0.2, 0.25) is 0 Å². The van der Waals surface area contributed by atoms with Gasteiger partial charge in [-0.15, -0.1) is 0 Å². The van der Waals surface area contributed by atoms with Crippen LogP contribution in [0, 0.1) is 11.6 Å². The van der Waals surface area contributed by atoms with Crippen molar-refractivity contribution in [3.05, 3.63) is 29.3 Å². The van der Waals surface area contributed by atoms with Gasteiger partial charge in [0.05, 0.1) is 18.4 Å². The minimum atomic E-state index is -1.17. The summed E-state index contributed by atoms with van der Waals surface area (Å²) < 4.78 is 32.6. The van der Waals surface area contributed by atoms with E-state index in [0.717, 1.165) is 32.8 Å². The van der Waals surface area contributed by atoms with Crippen molar-refractivity contribution in [2.45, 2.75) is 37.8 Å². The molecule has 1 aromatic carbocycles. The highest BCUT2D eigenvalue weighted by Crippen LogP contribution is 2.29. The second kappa shape index (κ2) is 6.39. The van der Waals surface area contributed by atoms with Crippen LogP contribution in [0.4, 0.5) is 14.5 Å². The lowest BCUT2D eigenvalue weighted by Gasteiger charge is -2.35. The van der Waals surface area contributed by atoms with Crippen LogP contribution in [0.5, 0.6) is 0 Å². The van der Waals surface area contributed by atoms with Crippen LogP contribution in [0.15, 0.2) is 12.1 Å². The Morgan fingerprint density at radius 3 is 2.43 bits per heavy atom. The van der Waals surface area contributed by atoms with Crippen molar-refractivity contribution in [1.82, 2.24) is 0 Å². The second-order valence-electron chi connectivity index (χ2n) is 5.43. The first-order chi connectivity index (χ1) is 9.95. The minimum Gasteiger partial charge on any atom is -0.465 e. The fourth-order valence-electron chi connectivity index (χ4n) is 2.76. The molecule has 1 aliphatic rings. The number of hydrogen-bond donors (Lipinski definition) is 1. The Balaban J connectivity index is 2.24. The fourth-order valence-corrected chi connectivity index (χ4v) is 2.76. The molecule has 0 spiro atoms. The van der Waals surface area contributed by atoms with E-state index in [1.165, 1.54) is 12.1 Å². The summed E-state index contributed by atoms with van der Waals surface area (Å²) in [5, 5.41) is 0. The summed E-state index contributed by atoms with van der Waals surface area (Å²) in [7, 11) is 2.86. The molecule has 1 saturated carbocycles. The van der Waals surface area contributed by atoms with Gasteiger partial charge in [0.1, 0.15) is 0 Å². The SMILES string of the molecule is COC(=O)c1ccc(N(C)C2CCC(N)CC2)c(F)c1F. The Morgan fingerprint density at radius 2 is 1.86 bits per heavy atom.